The van der Waals surface area contributed by atoms with Crippen LogP contribution in [0, 0.1) is 5.92 Å². The maximum atomic E-state index is 13.2. The van der Waals surface area contributed by atoms with Crippen LogP contribution in [0.25, 0.3) is 21.9 Å². The molecule has 0 spiro atoms. The number of aromatic amines is 2. The normalized spacial score (nSPS) is 21.5. The first-order chi connectivity index (χ1) is 15.7. The molecule has 1 unspecified atom stereocenters. The van der Waals surface area contributed by atoms with Crippen molar-refractivity contribution in [2.45, 2.75) is 37.8 Å². The number of methoxy groups -OCH3 is 1. The summed E-state index contributed by atoms with van der Waals surface area (Å²) >= 11 is 0. The fourth-order valence-electron chi connectivity index (χ4n) is 5.90. The molecule has 2 aromatic heterocycles. The largest absolute Gasteiger partial charge is 0.496 e. The first-order valence-corrected chi connectivity index (χ1v) is 11.3. The Bertz CT molecular complexity index is 1440. The molecule has 0 saturated carbocycles. The highest BCUT2D eigenvalue weighted by Crippen LogP contribution is 2.46. The number of aromatic nitrogens is 3. The number of fused-ring (bicyclic) bond motifs is 6. The zero-order valence-electron chi connectivity index (χ0n) is 18.4. The number of H-pyrrole nitrogens is 2. The van der Waals surface area contributed by atoms with Crippen molar-refractivity contribution in [1.82, 2.24) is 19.9 Å². The number of benzene rings is 2. The van der Waals surface area contributed by atoms with Crippen LogP contribution in [-0.4, -0.2) is 34.2 Å². The van der Waals surface area contributed by atoms with E-state index < -0.39 is 0 Å². The monoisotopic (exact) mass is 466 g/mol. The van der Waals surface area contributed by atoms with E-state index >= 15 is 0 Å². The molecule has 0 amide bonds. The Morgan fingerprint density at radius 2 is 1.91 bits per heavy atom. The fourth-order valence-corrected chi connectivity index (χ4v) is 5.90. The predicted octanol–water partition coefficient (Wildman–Crippen LogP) is 3.31. The van der Waals surface area contributed by atoms with Gasteiger partial charge in [0.2, 0.25) is 0 Å². The topological polar surface area (TPSA) is 91.9 Å². The summed E-state index contributed by atoms with van der Waals surface area (Å²) in [5.74, 6) is 1.83. The zero-order valence-corrected chi connectivity index (χ0v) is 19.2. The highest BCUT2D eigenvalue weighted by molar-refractivity contribution is 6.04. The highest BCUT2D eigenvalue weighted by Gasteiger charge is 2.41. The van der Waals surface area contributed by atoms with Gasteiger partial charge in [0, 0.05) is 35.0 Å². The van der Waals surface area contributed by atoms with Gasteiger partial charge in [-0.25, -0.2) is 4.79 Å². The molecule has 3 atom stereocenters. The van der Waals surface area contributed by atoms with E-state index in [1.807, 2.05) is 30.3 Å². The molecule has 0 bridgehead atoms. The van der Waals surface area contributed by atoms with Crippen molar-refractivity contribution in [2.24, 2.45) is 5.92 Å². The number of nitrogens with zero attached hydrogens (tertiary/aromatic N) is 1. The molecule has 8 heteroatoms. The summed E-state index contributed by atoms with van der Waals surface area (Å²) in [5, 5.41) is 4.52. The Labute approximate surface area is 196 Å². The van der Waals surface area contributed by atoms with Gasteiger partial charge in [0.15, 0.2) is 0 Å². The van der Waals surface area contributed by atoms with Crippen molar-refractivity contribution in [3.8, 4) is 5.75 Å². The number of hydrogen-bond donors (Lipinski definition) is 3. The molecular formula is C25H27ClN4O3. The van der Waals surface area contributed by atoms with Gasteiger partial charge in [0.05, 0.1) is 12.6 Å². The average Bonchev–Trinajstić information content (AvgIpc) is 3.40. The van der Waals surface area contributed by atoms with Gasteiger partial charge in [-0.3, -0.25) is 9.36 Å². The van der Waals surface area contributed by atoms with Crippen molar-refractivity contribution in [2.75, 3.05) is 13.7 Å². The van der Waals surface area contributed by atoms with Gasteiger partial charge in [-0.05, 0) is 49.4 Å². The quantitative estimate of drug-likeness (QED) is 0.430. The molecule has 1 fully saturated rings. The van der Waals surface area contributed by atoms with Crippen LogP contribution in [0.2, 0.25) is 0 Å². The first kappa shape index (κ1) is 21.8. The van der Waals surface area contributed by atoms with Gasteiger partial charge in [-0.1, -0.05) is 30.3 Å². The van der Waals surface area contributed by atoms with Gasteiger partial charge < -0.3 is 20.0 Å². The molecule has 172 valence electrons. The third-order valence-electron chi connectivity index (χ3n) is 7.38. The van der Waals surface area contributed by atoms with Crippen molar-refractivity contribution in [3.05, 3.63) is 74.4 Å². The molecule has 7 nitrogen and oxygen atoms in total. The first-order valence-electron chi connectivity index (χ1n) is 11.3. The maximum absolute atomic E-state index is 13.2. The molecule has 0 radical (unpaired) electrons. The van der Waals surface area contributed by atoms with E-state index in [0.29, 0.717) is 35.8 Å². The highest BCUT2D eigenvalue weighted by atomic mass is 35.5. The predicted molar refractivity (Wildman–Crippen MR) is 132 cm³/mol. The smallest absolute Gasteiger partial charge is 0.328 e. The van der Waals surface area contributed by atoms with Crippen LogP contribution >= 0.6 is 12.4 Å². The van der Waals surface area contributed by atoms with E-state index in [0.717, 1.165) is 36.0 Å². The lowest BCUT2D eigenvalue weighted by molar-refractivity contribution is 0.358. The molecule has 4 aromatic rings. The lowest BCUT2D eigenvalue weighted by Crippen LogP contribution is -2.38. The molecule has 33 heavy (non-hydrogen) atoms. The molecule has 1 aliphatic heterocycles. The second-order valence-electron chi connectivity index (χ2n) is 8.97. The summed E-state index contributed by atoms with van der Waals surface area (Å²) in [6.07, 6.45) is 2.92. The lowest BCUT2D eigenvalue weighted by Gasteiger charge is -2.32. The summed E-state index contributed by atoms with van der Waals surface area (Å²) in [5.41, 5.74) is 3.91. The maximum Gasteiger partial charge on any atom is 0.328 e. The van der Waals surface area contributed by atoms with E-state index in [1.165, 1.54) is 15.7 Å². The second-order valence-corrected chi connectivity index (χ2v) is 8.97. The van der Waals surface area contributed by atoms with Crippen LogP contribution in [-0.2, 0) is 13.0 Å². The van der Waals surface area contributed by atoms with Crippen molar-refractivity contribution in [1.29, 1.82) is 0 Å². The summed E-state index contributed by atoms with van der Waals surface area (Å²) in [4.78, 5) is 32.1. The summed E-state index contributed by atoms with van der Waals surface area (Å²) in [6.45, 7) is 1.32. The van der Waals surface area contributed by atoms with E-state index in [-0.39, 0.29) is 29.7 Å². The van der Waals surface area contributed by atoms with Crippen LogP contribution in [0.4, 0.5) is 0 Å². The number of nitrogens with one attached hydrogen (secondary N) is 3. The average molecular weight is 467 g/mol. The Balaban J connectivity index is 0.00000228. The molecular weight excluding hydrogens is 440 g/mol. The molecule has 6 rings (SSSR count). The van der Waals surface area contributed by atoms with Gasteiger partial charge in [0.25, 0.3) is 5.56 Å². The Morgan fingerprint density at radius 1 is 1.06 bits per heavy atom. The number of halogens is 1. The van der Waals surface area contributed by atoms with Crippen molar-refractivity contribution in [3.63, 3.8) is 0 Å². The summed E-state index contributed by atoms with van der Waals surface area (Å²) in [7, 11) is 1.73. The minimum absolute atomic E-state index is 0. The van der Waals surface area contributed by atoms with Crippen LogP contribution < -0.4 is 21.3 Å². The minimum Gasteiger partial charge on any atom is -0.496 e. The third-order valence-corrected chi connectivity index (χ3v) is 7.38. The summed E-state index contributed by atoms with van der Waals surface area (Å²) < 4.78 is 7.04. The molecule has 2 aliphatic rings. The molecule has 1 saturated heterocycles. The standard InChI is InChI=1S/C25H26N4O3.ClH/c1-32-19-8-4-5-14-9-10-15-13-26-18(20(15)21(14)19)11-12-29-24(30)23-22(28-25(29)31)16-6-2-3-7-17(16)27-23;/h2-8,15,18,20,26-27H,9-13H2,1H3,(H,28,31);1H/t15-,18?,20-;/m0./s1. The van der Waals surface area contributed by atoms with Gasteiger partial charge in [-0.15, -0.1) is 12.4 Å². The van der Waals surface area contributed by atoms with Gasteiger partial charge in [-0.2, -0.15) is 0 Å². The lowest BCUT2D eigenvalue weighted by atomic mass is 9.73. The van der Waals surface area contributed by atoms with E-state index in [9.17, 15) is 9.59 Å². The number of aryl methyl sites for hydroxylation is 1. The van der Waals surface area contributed by atoms with E-state index in [4.69, 9.17) is 4.74 Å². The number of hydrogen-bond acceptors (Lipinski definition) is 4. The van der Waals surface area contributed by atoms with Crippen LogP contribution in [0.3, 0.4) is 0 Å². The SMILES string of the molecule is COc1cccc2c1[C@@H]1C(CCn3c(=O)[nH]c4c([nH]c5ccccc54)c3=O)NC[C@@H]1CC2.Cl. The fraction of sp³-hybridized carbons (Fsp3) is 0.360. The molecule has 3 N–H and O–H groups in total. The van der Waals surface area contributed by atoms with Gasteiger partial charge in [0.1, 0.15) is 11.3 Å². The molecule has 1 aliphatic carbocycles. The minimum atomic E-state index is -0.358. The number of rotatable bonds is 4. The zero-order chi connectivity index (χ0) is 21.8. The molecule has 3 heterocycles. The number of ether oxygens (including phenoxy) is 1. The second kappa shape index (κ2) is 8.39. The van der Waals surface area contributed by atoms with Crippen molar-refractivity contribution >= 4 is 34.3 Å². The number of para-hydroxylation sites is 1. The van der Waals surface area contributed by atoms with Crippen LogP contribution in [0.1, 0.15) is 29.9 Å². The van der Waals surface area contributed by atoms with E-state index in [2.05, 4.69) is 27.4 Å². The third kappa shape index (κ3) is 3.38. The van der Waals surface area contributed by atoms with Crippen molar-refractivity contribution < 1.29 is 4.74 Å². The van der Waals surface area contributed by atoms with Crippen LogP contribution in [0.15, 0.2) is 52.1 Å². The Morgan fingerprint density at radius 3 is 2.76 bits per heavy atom. The van der Waals surface area contributed by atoms with Gasteiger partial charge >= 0.3 is 5.69 Å². The Hall–Kier alpha value is -3.03. The van der Waals surface area contributed by atoms with E-state index in [1.54, 1.807) is 7.11 Å². The Kier molecular flexibility index (Phi) is 5.54. The summed E-state index contributed by atoms with van der Waals surface area (Å²) in [6, 6.07) is 14.1. The molecule has 2 aromatic carbocycles. The van der Waals surface area contributed by atoms with Crippen LogP contribution in [0.5, 0.6) is 5.75 Å².